The summed E-state index contributed by atoms with van der Waals surface area (Å²) in [5.41, 5.74) is 3.93. The Labute approximate surface area is 207 Å². The molecule has 0 aliphatic carbocycles. The van der Waals surface area contributed by atoms with Gasteiger partial charge in [-0.25, -0.2) is 22.4 Å². The number of benzene rings is 1. The van der Waals surface area contributed by atoms with Crippen molar-refractivity contribution in [3.63, 3.8) is 0 Å². The number of rotatable bonds is 4. The van der Waals surface area contributed by atoms with Gasteiger partial charge in [-0.15, -0.1) is 0 Å². The Hall–Kier alpha value is -4.01. The Morgan fingerprint density at radius 2 is 2.00 bits per heavy atom. The van der Waals surface area contributed by atoms with Crippen LogP contribution in [0.5, 0.6) is 0 Å². The van der Waals surface area contributed by atoms with Crippen LogP contribution in [-0.2, 0) is 23.0 Å². The molecular formula is C25H23N7O3S. The lowest BCUT2D eigenvalue weighted by Gasteiger charge is -2.27. The minimum Gasteiger partial charge on any atom is -0.385 e. The third-order valence-corrected chi connectivity index (χ3v) is 8.45. The second kappa shape index (κ2) is 8.01. The van der Waals surface area contributed by atoms with E-state index in [0.29, 0.717) is 34.6 Å². The fourth-order valence-corrected chi connectivity index (χ4v) is 6.33. The molecule has 2 atom stereocenters. The van der Waals surface area contributed by atoms with Crippen molar-refractivity contribution >= 4 is 32.1 Å². The van der Waals surface area contributed by atoms with E-state index in [1.54, 1.807) is 49.5 Å². The van der Waals surface area contributed by atoms with E-state index in [2.05, 4.69) is 21.1 Å². The fraction of sp³-hybridized carbons (Fsp3) is 0.280. The van der Waals surface area contributed by atoms with Crippen LogP contribution >= 0.6 is 0 Å². The molecule has 0 bridgehead atoms. The zero-order valence-corrected chi connectivity index (χ0v) is 20.5. The van der Waals surface area contributed by atoms with Crippen molar-refractivity contribution in [1.29, 1.82) is 5.26 Å². The Morgan fingerprint density at radius 1 is 1.22 bits per heavy atom. The molecule has 11 heteroatoms. The van der Waals surface area contributed by atoms with E-state index in [1.165, 1.54) is 10.2 Å². The smallest absolute Gasteiger partial charge is 0.269 e. The molecule has 6 rings (SSSR count). The molecule has 0 unspecified atom stereocenters. The van der Waals surface area contributed by atoms with Crippen LogP contribution in [0.4, 0.5) is 0 Å². The number of aryl methyl sites for hydroxylation is 2. The fourth-order valence-electron chi connectivity index (χ4n) is 5.03. The Bertz CT molecular complexity index is 1790. The average molecular weight is 502 g/mol. The molecule has 0 saturated heterocycles. The second-order valence-corrected chi connectivity index (χ2v) is 11.0. The molecule has 4 aromatic heterocycles. The van der Waals surface area contributed by atoms with Crippen molar-refractivity contribution in [2.45, 2.75) is 50.3 Å². The molecule has 0 radical (unpaired) electrons. The molecule has 10 nitrogen and oxygen atoms in total. The lowest BCUT2D eigenvalue weighted by Crippen LogP contribution is -2.25. The SMILES string of the molecule is Cc1ccc(S(=O)(=O)n2ccc3c2ncc2nc([C@@H](C)O)n([C@H]4CCc5cc(C#N)nn5C4)c23)cc1. The van der Waals surface area contributed by atoms with Gasteiger partial charge >= 0.3 is 0 Å². The number of imidazole rings is 1. The van der Waals surface area contributed by atoms with E-state index in [4.69, 9.17) is 0 Å². The van der Waals surface area contributed by atoms with Gasteiger partial charge < -0.3 is 9.67 Å². The molecule has 36 heavy (non-hydrogen) atoms. The summed E-state index contributed by atoms with van der Waals surface area (Å²) in [4.78, 5) is 9.30. The van der Waals surface area contributed by atoms with Gasteiger partial charge in [0.15, 0.2) is 11.3 Å². The molecule has 0 spiro atoms. The monoisotopic (exact) mass is 501 g/mol. The van der Waals surface area contributed by atoms with Crippen molar-refractivity contribution < 1.29 is 13.5 Å². The number of aliphatic hydroxyl groups excluding tert-OH is 1. The molecule has 5 heterocycles. The highest BCUT2D eigenvalue weighted by Gasteiger charge is 2.29. The van der Waals surface area contributed by atoms with Gasteiger partial charge in [0.1, 0.15) is 23.5 Å². The van der Waals surface area contributed by atoms with Gasteiger partial charge in [0.25, 0.3) is 10.0 Å². The number of aliphatic hydroxyl groups is 1. The van der Waals surface area contributed by atoms with Crippen LogP contribution in [0.3, 0.4) is 0 Å². The standard InChI is InChI=1S/C25H23N7O3S/c1-15-3-7-20(8-4-15)36(34,35)31-10-9-21-23-22(13-27-25(21)31)28-24(16(2)33)32(23)19-6-5-18-11-17(12-26)29-30(18)14-19/h3-4,7-11,13,16,19,33H,5-6,14H2,1-2H3/t16-,19+/m1/s1. The first kappa shape index (κ1) is 22.5. The van der Waals surface area contributed by atoms with E-state index < -0.39 is 16.1 Å². The average Bonchev–Trinajstić information content (AvgIpc) is 3.57. The topological polar surface area (TPSA) is 132 Å². The first-order valence-corrected chi connectivity index (χ1v) is 13.1. The van der Waals surface area contributed by atoms with Crippen LogP contribution in [0.25, 0.3) is 22.1 Å². The molecule has 0 fully saturated rings. The maximum Gasteiger partial charge on any atom is 0.269 e. The number of aromatic nitrogens is 6. The molecule has 1 N–H and O–H groups in total. The van der Waals surface area contributed by atoms with E-state index in [-0.39, 0.29) is 10.9 Å². The summed E-state index contributed by atoms with van der Waals surface area (Å²) >= 11 is 0. The Morgan fingerprint density at radius 3 is 2.72 bits per heavy atom. The van der Waals surface area contributed by atoms with Gasteiger partial charge in [0.2, 0.25) is 0 Å². The van der Waals surface area contributed by atoms with E-state index in [9.17, 15) is 18.8 Å². The number of nitriles is 1. The number of pyridine rings is 1. The number of hydrogen-bond donors (Lipinski definition) is 1. The third kappa shape index (κ3) is 3.33. The van der Waals surface area contributed by atoms with Gasteiger partial charge in [-0.1, -0.05) is 17.7 Å². The third-order valence-electron chi connectivity index (χ3n) is 6.77. The van der Waals surface area contributed by atoms with Crippen LogP contribution in [-0.4, -0.2) is 41.8 Å². The highest BCUT2D eigenvalue weighted by Crippen LogP contribution is 2.35. The summed E-state index contributed by atoms with van der Waals surface area (Å²) in [6, 6.07) is 12.2. The zero-order chi connectivity index (χ0) is 25.2. The molecule has 5 aromatic rings. The van der Waals surface area contributed by atoms with Crippen LogP contribution in [0.2, 0.25) is 0 Å². The zero-order valence-electron chi connectivity index (χ0n) is 19.7. The minimum atomic E-state index is -3.86. The Kier molecular flexibility index (Phi) is 5.00. The molecule has 0 saturated carbocycles. The maximum atomic E-state index is 13.4. The van der Waals surface area contributed by atoms with E-state index in [1.807, 2.05) is 16.2 Å². The predicted molar refractivity (Wildman–Crippen MR) is 132 cm³/mol. The molecular weight excluding hydrogens is 478 g/mol. The molecule has 1 aromatic carbocycles. The van der Waals surface area contributed by atoms with Gasteiger partial charge in [0, 0.05) is 17.3 Å². The van der Waals surface area contributed by atoms with Gasteiger partial charge in [0.05, 0.1) is 29.2 Å². The summed E-state index contributed by atoms with van der Waals surface area (Å²) in [5.74, 6) is 0.481. The van der Waals surface area contributed by atoms with Gasteiger partial charge in [-0.05, 0) is 51.0 Å². The maximum absolute atomic E-state index is 13.4. The molecule has 0 amide bonds. The quantitative estimate of drug-likeness (QED) is 0.400. The van der Waals surface area contributed by atoms with Crippen LogP contribution in [0, 0.1) is 18.3 Å². The van der Waals surface area contributed by atoms with E-state index in [0.717, 1.165) is 29.6 Å². The minimum absolute atomic E-state index is 0.0961. The summed E-state index contributed by atoms with van der Waals surface area (Å²) < 4.78 is 31.9. The van der Waals surface area contributed by atoms with Crippen molar-refractivity contribution in [2.75, 3.05) is 0 Å². The summed E-state index contributed by atoms with van der Waals surface area (Å²) in [7, 11) is -3.86. The van der Waals surface area contributed by atoms with Crippen LogP contribution < -0.4 is 0 Å². The largest absolute Gasteiger partial charge is 0.385 e. The predicted octanol–water partition coefficient (Wildman–Crippen LogP) is 3.24. The Balaban J connectivity index is 1.54. The van der Waals surface area contributed by atoms with Crippen molar-refractivity contribution in [2.24, 2.45) is 0 Å². The summed E-state index contributed by atoms with van der Waals surface area (Å²) in [6.07, 6.45) is 3.69. The van der Waals surface area contributed by atoms with Crippen molar-refractivity contribution in [3.05, 3.63) is 71.6 Å². The van der Waals surface area contributed by atoms with Gasteiger partial charge in [-0.2, -0.15) is 10.4 Å². The number of hydrogen-bond acceptors (Lipinski definition) is 7. The lowest BCUT2D eigenvalue weighted by atomic mass is 10.0. The van der Waals surface area contributed by atoms with Crippen molar-refractivity contribution in [3.8, 4) is 6.07 Å². The van der Waals surface area contributed by atoms with Crippen LogP contribution in [0.15, 0.2) is 53.7 Å². The van der Waals surface area contributed by atoms with E-state index >= 15 is 0 Å². The summed E-state index contributed by atoms with van der Waals surface area (Å²) in [6.45, 7) is 4.07. The molecule has 1 aliphatic rings. The first-order chi connectivity index (χ1) is 17.3. The second-order valence-electron chi connectivity index (χ2n) is 9.18. The highest BCUT2D eigenvalue weighted by atomic mass is 32.2. The summed E-state index contributed by atoms with van der Waals surface area (Å²) in [5, 5.41) is 24.8. The van der Waals surface area contributed by atoms with Gasteiger partial charge in [-0.3, -0.25) is 4.68 Å². The van der Waals surface area contributed by atoms with Crippen LogP contribution in [0.1, 0.15) is 48.3 Å². The lowest BCUT2D eigenvalue weighted by molar-refractivity contribution is 0.177. The first-order valence-electron chi connectivity index (χ1n) is 11.6. The molecule has 182 valence electrons. The normalized spacial score (nSPS) is 16.8. The number of fused-ring (bicyclic) bond motifs is 4. The number of nitrogens with zero attached hydrogens (tertiary/aromatic N) is 7. The molecule has 1 aliphatic heterocycles. The highest BCUT2D eigenvalue weighted by molar-refractivity contribution is 7.90. The van der Waals surface area contributed by atoms with Crippen molar-refractivity contribution in [1.82, 2.24) is 28.3 Å².